The zero-order valence-electron chi connectivity index (χ0n) is 12.4. The van der Waals surface area contributed by atoms with Gasteiger partial charge in [-0.1, -0.05) is 6.92 Å². The van der Waals surface area contributed by atoms with Crippen molar-refractivity contribution in [2.24, 2.45) is 5.92 Å². The minimum absolute atomic E-state index is 0.718. The summed E-state index contributed by atoms with van der Waals surface area (Å²) in [4.78, 5) is 15.4. The topological polar surface area (TPSA) is 53.9 Å². The van der Waals surface area contributed by atoms with Gasteiger partial charge in [0, 0.05) is 38.2 Å². The Morgan fingerprint density at radius 2 is 2.10 bits per heavy atom. The summed E-state index contributed by atoms with van der Waals surface area (Å²) in [5.41, 5.74) is 1.19. The maximum atomic E-state index is 4.63. The Labute approximate surface area is 125 Å². The fourth-order valence-electron chi connectivity index (χ4n) is 2.66. The summed E-state index contributed by atoms with van der Waals surface area (Å²) >= 11 is 0. The van der Waals surface area contributed by atoms with Crippen LogP contribution in [0.2, 0.25) is 0 Å². The van der Waals surface area contributed by atoms with Crippen molar-refractivity contribution in [3.05, 3.63) is 42.4 Å². The van der Waals surface area contributed by atoms with E-state index in [1.54, 1.807) is 12.4 Å². The summed E-state index contributed by atoms with van der Waals surface area (Å²) in [6.45, 7) is 5.14. The molecule has 1 aliphatic heterocycles. The highest BCUT2D eigenvalue weighted by Crippen LogP contribution is 2.20. The molecule has 2 aromatic heterocycles. The van der Waals surface area contributed by atoms with E-state index in [4.69, 9.17) is 0 Å². The van der Waals surface area contributed by atoms with Crippen LogP contribution in [0.5, 0.6) is 0 Å². The van der Waals surface area contributed by atoms with Crippen LogP contribution in [-0.4, -0.2) is 28.0 Å². The van der Waals surface area contributed by atoms with Crippen LogP contribution in [-0.2, 0) is 6.54 Å². The average Bonchev–Trinajstić information content (AvgIpc) is 2.54. The van der Waals surface area contributed by atoms with Crippen molar-refractivity contribution in [2.75, 3.05) is 23.3 Å². The van der Waals surface area contributed by atoms with Gasteiger partial charge in [0.2, 0.25) is 5.95 Å². The molecule has 1 aliphatic rings. The molecule has 3 rings (SSSR count). The lowest BCUT2D eigenvalue weighted by Gasteiger charge is -2.30. The molecule has 5 nitrogen and oxygen atoms in total. The molecule has 21 heavy (non-hydrogen) atoms. The van der Waals surface area contributed by atoms with Gasteiger partial charge in [-0.05, 0) is 42.5 Å². The number of anilines is 2. The Hall–Kier alpha value is -2.17. The predicted molar refractivity (Wildman–Crippen MR) is 84.2 cm³/mol. The summed E-state index contributed by atoms with van der Waals surface area (Å²) in [6.07, 6.45) is 7.96. The molecular weight excluding hydrogens is 262 g/mol. The third-order valence-electron chi connectivity index (χ3n) is 3.81. The lowest BCUT2D eigenvalue weighted by molar-refractivity contribution is 0.442. The van der Waals surface area contributed by atoms with Crippen molar-refractivity contribution in [1.29, 1.82) is 0 Å². The van der Waals surface area contributed by atoms with Crippen LogP contribution >= 0.6 is 0 Å². The molecule has 1 N–H and O–H groups in total. The van der Waals surface area contributed by atoms with Crippen LogP contribution in [0, 0.1) is 5.92 Å². The molecule has 0 aliphatic carbocycles. The summed E-state index contributed by atoms with van der Waals surface area (Å²) in [7, 11) is 0. The Morgan fingerprint density at radius 1 is 1.24 bits per heavy atom. The van der Waals surface area contributed by atoms with Crippen LogP contribution in [0.3, 0.4) is 0 Å². The zero-order valence-corrected chi connectivity index (χ0v) is 12.4. The van der Waals surface area contributed by atoms with Crippen molar-refractivity contribution >= 4 is 11.8 Å². The molecule has 110 valence electrons. The molecule has 1 unspecified atom stereocenters. The Balaban J connectivity index is 1.65. The van der Waals surface area contributed by atoms with Gasteiger partial charge < -0.3 is 10.2 Å². The first-order valence-corrected chi connectivity index (χ1v) is 7.52. The van der Waals surface area contributed by atoms with Crippen molar-refractivity contribution < 1.29 is 0 Å². The van der Waals surface area contributed by atoms with E-state index in [2.05, 4.69) is 32.1 Å². The Morgan fingerprint density at radius 3 is 2.90 bits per heavy atom. The molecule has 0 spiro atoms. The first kappa shape index (κ1) is 13.8. The summed E-state index contributed by atoms with van der Waals surface area (Å²) in [6, 6.07) is 5.92. The van der Waals surface area contributed by atoms with Gasteiger partial charge in [0.15, 0.2) is 0 Å². The fraction of sp³-hybridized carbons (Fsp3) is 0.438. The van der Waals surface area contributed by atoms with Gasteiger partial charge >= 0.3 is 0 Å². The molecule has 0 aromatic carbocycles. The number of rotatable bonds is 4. The standard InChI is InChI=1S/C16H21N5/c1-13-3-2-10-21(12-13)16-18-9-6-15(20-16)19-11-14-4-7-17-8-5-14/h4-9,13H,2-3,10-12H2,1H3,(H,18,19,20). The van der Waals surface area contributed by atoms with Crippen LogP contribution in [0.4, 0.5) is 11.8 Å². The highest BCUT2D eigenvalue weighted by atomic mass is 15.3. The van der Waals surface area contributed by atoms with E-state index in [1.165, 1.54) is 18.4 Å². The van der Waals surface area contributed by atoms with E-state index >= 15 is 0 Å². The minimum Gasteiger partial charge on any atom is -0.366 e. The van der Waals surface area contributed by atoms with E-state index in [-0.39, 0.29) is 0 Å². The summed E-state index contributed by atoms with van der Waals surface area (Å²) < 4.78 is 0. The summed E-state index contributed by atoms with van der Waals surface area (Å²) in [5, 5.41) is 3.35. The molecular formula is C16H21N5. The van der Waals surface area contributed by atoms with Gasteiger partial charge in [0.05, 0.1) is 0 Å². The minimum atomic E-state index is 0.718. The second-order valence-corrected chi connectivity index (χ2v) is 5.64. The molecule has 0 radical (unpaired) electrons. The largest absolute Gasteiger partial charge is 0.366 e. The van der Waals surface area contributed by atoms with Crippen molar-refractivity contribution in [3.8, 4) is 0 Å². The van der Waals surface area contributed by atoms with E-state index in [0.29, 0.717) is 0 Å². The first-order valence-electron chi connectivity index (χ1n) is 7.52. The Kier molecular flexibility index (Phi) is 4.28. The SMILES string of the molecule is CC1CCCN(c2nccc(NCc3ccncc3)n2)C1. The quantitative estimate of drug-likeness (QED) is 0.935. The van der Waals surface area contributed by atoms with Gasteiger partial charge in [-0.3, -0.25) is 4.98 Å². The molecule has 0 saturated carbocycles. The van der Waals surface area contributed by atoms with E-state index < -0.39 is 0 Å². The zero-order chi connectivity index (χ0) is 14.5. The highest BCUT2D eigenvalue weighted by Gasteiger charge is 2.18. The van der Waals surface area contributed by atoms with Gasteiger partial charge in [-0.2, -0.15) is 4.98 Å². The molecule has 2 aromatic rings. The number of pyridine rings is 1. The van der Waals surface area contributed by atoms with Crippen molar-refractivity contribution in [3.63, 3.8) is 0 Å². The van der Waals surface area contributed by atoms with Gasteiger partial charge in [0.25, 0.3) is 0 Å². The van der Waals surface area contributed by atoms with Gasteiger partial charge in [0.1, 0.15) is 5.82 Å². The maximum Gasteiger partial charge on any atom is 0.227 e. The molecule has 3 heterocycles. The van der Waals surface area contributed by atoms with E-state index in [9.17, 15) is 0 Å². The first-order chi connectivity index (χ1) is 10.3. The number of nitrogens with one attached hydrogen (secondary N) is 1. The number of hydrogen-bond acceptors (Lipinski definition) is 5. The Bertz CT molecular complexity index is 572. The van der Waals surface area contributed by atoms with Crippen molar-refractivity contribution in [1.82, 2.24) is 15.0 Å². The van der Waals surface area contributed by atoms with Crippen LogP contribution in [0.1, 0.15) is 25.3 Å². The predicted octanol–water partition coefficient (Wildman–Crippen LogP) is 2.72. The number of aromatic nitrogens is 3. The highest BCUT2D eigenvalue weighted by molar-refractivity contribution is 5.42. The third kappa shape index (κ3) is 3.68. The van der Waals surface area contributed by atoms with Crippen LogP contribution < -0.4 is 10.2 Å². The lowest BCUT2D eigenvalue weighted by atomic mass is 10.0. The lowest BCUT2D eigenvalue weighted by Crippen LogP contribution is -2.35. The molecule has 1 fully saturated rings. The fourth-order valence-corrected chi connectivity index (χ4v) is 2.66. The second kappa shape index (κ2) is 6.52. The van der Waals surface area contributed by atoms with Gasteiger partial charge in [-0.25, -0.2) is 4.98 Å². The van der Waals surface area contributed by atoms with Gasteiger partial charge in [-0.15, -0.1) is 0 Å². The molecule has 1 saturated heterocycles. The average molecular weight is 283 g/mol. The smallest absolute Gasteiger partial charge is 0.227 e. The van der Waals surface area contributed by atoms with Crippen molar-refractivity contribution in [2.45, 2.75) is 26.3 Å². The summed E-state index contributed by atoms with van der Waals surface area (Å²) in [5.74, 6) is 2.42. The number of nitrogens with zero attached hydrogens (tertiary/aromatic N) is 4. The van der Waals surface area contributed by atoms with E-state index in [1.807, 2.05) is 24.4 Å². The molecule has 0 bridgehead atoms. The number of piperidine rings is 1. The van der Waals surface area contributed by atoms with Crippen LogP contribution in [0.15, 0.2) is 36.8 Å². The van der Waals surface area contributed by atoms with Crippen LogP contribution in [0.25, 0.3) is 0 Å². The normalized spacial score (nSPS) is 18.5. The third-order valence-corrected chi connectivity index (χ3v) is 3.81. The van der Waals surface area contributed by atoms with E-state index in [0.717, 1.165) is 37.3 Å². The molecule has 0 amide bonds. The molecule has 1 atom stereocenters. The monoisotopic (exact) mass is 283 g/mol. The maximum absolute atomic E-state index is 4.63. The second-order valence-electron chi connectivity index (χ2n) is 5.64. The number of hydrogen-bond donors (Lipinski definition) is 1. The molecule has 5 heteroatoms.